The number of benzene rings is 2. The van der Waals surface area contributed by atoms with Crippen molar-refractivity contribution in [3.05, 3.63) is 36.7 Å². The fourth-order valence-corrected chi connectivity index (χ4v) is 2.68. The van der Waals surface area contributed by atoms with E-state index in [-0.39, 0.29) is 4.90 Å². The van der Waals surface area contributed by atoms with Gasteiger partial charge in [0.25, 0.3) is 10.1 Å². The van der Waals surface area contributed by atoms with Crippen molar-refractivity contribution >= 4 is 31.9 Å². The molecule has 0 spiro atoms. The Morgan fingerprint density at radius 2 is 1.88 bits per heavy atom. The summed E-state index contributed by atoms with van der Waals surface area (Å²) < 4.78 is 31.9. The third kappa shape index (κ3) is 1.49. The summed E-state index contributed by atoms with van der Waals surface area (Å²) in [5.41, 5.74) is 1.27. The van der Waals surface area contributed by atoms with Crippen molar-refractivity contribution in [2.24, 2.45) is 0 Å². The van der Waals surface area contributed by atoms with Crippen LogP contribution in [0.15, 0.2) is 41.6 Å². The average Bonchev–Trinajstić information content (AvgIpc) is 2.74. The second-order valence-electron chi connectivity index (χ2n) is 3.69. The van der Waals surface area contributed by atoms with Crippen LogP contribution in [-0.4, -0.2) is 22.9 Å². The number of rotatable bonds is 1. The second kappa shape index (κ2) is 3.28. The summed E-state index contributed by atoms with van der Waals surface area (Å²) in [6.07, 6.45) is 1.49. The van der Waals surface area contributed by atoms with E-state index in [4.69, 9.17) is 0 Å². The normalized spacial score (nSPS) is 12.3. The van der Waals surface area contributed by atoms with E-state index in [1.54, 1.807) is 24.3 Å². The Hall–Kier alpha value is -1.92. The Bertz CT molecular complexity index is 821. The Labute approximate surface area is 96.9 Å². The molecule has 1 aromatic heterocycles. The maximum atomic E-state index is 11.3. The monoisotopic (exact) mass is 248 g/mol. The van der Waals surface area contributed by atoms with Gasteiger partial charge < -0.3 is 4.98 Å². The van der Waals surface area contributed by atoms with Crippen LogP contribution in [0.3, 0.4) is 0 Å². The molecule has 0 radical (unpaired) electrons. The first-order valence-electron chi connectivity index (χ1n) is 4.90. The average molecular weight is 248 g/mol. The first-order chi connectivity index (χ1) is 8.07. The molecule has 0 aliphatic rings. The minimum atomic E-state index is -4.25. The molecule has 0 aliphatic carbocycles. The molecule has 3 rings (SSSR count). The molecule has 86 valence electrons. The van der Waals surface area contributed by atoms with Gasteiger partial charge in [-0.1, -0.05) is 24.3 Å². The van der Waals surface area contributed by atoms with Gasteiger partial charge in [-0.2, -0.15) is 8.42 Å². The van der Waals surface area contributed by atoms with E-state index >= 15 is 0 Å². The van der Waals surface area contributed by atoms with E-state index in [9.17, 15) is 13.0 Å². The van der Waals surface area contributed by atoms with E-state index in [0.29, 0.717) is 21.8 Å². The molecule has 0 amide bonds. The number of nitrogens with one attached hydrogen (secondary N) is 1. The lowest BCUT2D eigenvalue weighted by atomic mass is 10.1. The number of hydrogen-bond acceptors (Lipinski definition) is 3. The van der Waals surface area contributed by atoms with E-state index in [0.717, 1.165) is 0 Å². The summed E-state index contributed by atoms with van der Waals surface area (Å²) in [4.78, 5) is 6.87. The van der Waals surface area contributed by atoms with Crippen LogP contribution in [0.2, 0.25) is 0 Å². The standard InChI is InChI=1S/C11H8N2O3S/c14-17(15,16)10-5-9-11(13-6-12-9)8-4-2-1-3-7(8)10/h1-6H,(H,12,13)(H,14,15,16). The Balaban J connectivity index is 2.64. The van der Waals surface area contributed by atoms with E-state index in [2.05, 4.69) is 9.97 Å². The van der Waals surface area contributed by atoms with Gasteiger partial charge in [0.15, 0.2) is 0 Å². The van der Waals surface area contributed by atoms with Crippen molar-refractivity contribution in [3.63, 3.8) is 0 Å². The minimum absolute atomic E-state index is 0.107. The van der Waals surface area contributed by atoms with Crippen LogP contribution >= 0.6 is 0 Å². The Kier molecular flexibility index (Phi) is 1.98. The molecule has 0 saturated heterocycles. The van der Waals surface area contributed by atoms with Gasteiger partial charge >= 0.3 is 0 Å². The molecule has 5 nitrogen and oxygen atoms in total. The lowest BCUT2D eigenvalue weighted by Crippen LogP contribution is -1.99. The fourth-order valence-electron chi connectivity index (χ4n) is 1.96. The number of hydrogen-bond donors (Lipinski definition) is 2. The number of aromatic amines is 1. The van der Waals surface area contributed by atoms with Gasteiger partial charge in [0, 0.05) is 10.8 Å². The number of imidazole rings is 1. The second-order valence-corrected chi connectivity index (χ2v) is 5.08. The molecule has 6 heteroatoms. The molecule has 3 aromatic rings. The molecule has 2 N–H and O–H groups in total. The van der Waals surface area contributed by atoms with Gasteiger partial charge in [-0.15, -0.1) is 0 Å². The molecular formula is C11H8N2O3S. The predicted molar refractivity (Wildman–Crippen MR) is 63.4 cm³/mol. The van der Waals surface area contributed by atoms with Gasteiger partial charge in [-0.25, -0.2) is 4.98 Å². The summed E-state index contributed by atoms with van der Waals surface area (Å²) in [6, 6.07) is 8.32. The first kappa shape index (κ1) is 10.2. The molecule has 0 fully saturated rings. The largest absolute Gasteiger partial charge is 0.345 e. The highest BCUT2D eigenvalue weighted by Crippen LogP contribution is 2.29. The maximum absolute atomic E-state index is 11.3. The highest BCUT2D eigenvalue weighted by molar-refractivity contribution is 7.86. The van der Waals surface area contributed by atoms with Crippen molar-refractivity contribution < 1.29 is 13.0 Å². The van der Waals surface area contributed by atoms with Gasteiger partial charge in [0.2, 0.25) is 0 Å². The topological polar surface area (TPSA) is 83.0 Å². The van der Waals surface area contributed by atoms with Crippen LogP contribution < -0.4 is 0 Å². The quantitative estimate of drug-likeness (QED) is 0.645. The summed E-state index contributed by atoms with van der Waals surface area (Å²) in [6.45, 7) is 0. The summed E-state index contributed by atoms with van der Waals surface area (Å²) in [5, 5.41) is 1.16. The van der Waals surface area contributed by atoms with Gasteiger partial charge in [0.1, 0.15) is 4.90 Å². The van der Waals surface area contributed by atoms with E-state index in [1.807, 2.05) is 0 Å². The van der Waals surface area contributed by atoms with Crippen LogP contribution in [0.4, 0.5) is 0 Å². The summed E-state index contributed by atoms with van der Waals surface area (Å²) in [7, 11) is -4.25. The molecule has 1 heterocycles. The van der Waals surface area contributed by atoms with E-state index < -0.39 is 10.1 Å². The first-order valence-corrected chi connectivity index (χ1v) is 6.34. The van der Waals surface area contributed by atoms with Crippen molar-refractivity contribution in [2.75, 3.05) is 0 Å². The van der Waals surface area contributed by atoms with Crippen LogP contribution in [-0.2, 0) is 10.1 Å². The van der Waals surface area contributed by atoms with Gasteiger partial charge in [-0.3, -0.25) is 4.55 Å². The third-order valence-electron chi connectivity index (χ3n) is 2.67. The van der Waals surface area contributed by atoms with Crippen molar-refractivity contribution in [1.29, 1.82) is 0 Å². The zero-order valence-electron chi connectivity index (χ0n) is 8.58. The molecule has 2 aromatic carbocycles. The molecule has 17 heavy (non-hydrogen) atoms. The number of fused-ring (bicyclic) bond motifs is 3. The van der Waals surface area contributed by atoms with Crippen LogP contribution in [0, 0.1) is 0 Å². The number of H-pyrrole nitrogens is 1. The predicted octanol–water partition coefficient (Wildman–Crippen LogP) is 1.96. The highest BCUT2D eigenvalue weighted by Gasteiger charge is 2.16. The van der Waals surface area contributed by atoms with Crippen molar-refractivity contribution in [1.82, 2.24) is 9.97 Å². The van der Waals surface area contributed by atoms with Gasteiger partial charge in [0.05, 0.1) is 17.4 Å². The summed E-state index contributed by atoms with van der Waals surface area (Å²) >= 11 is 0. The molecule has 0 atom stereocenters. The molecular weight excluding hydrogens is 240 g/mol. The molecule has 0 aliphatic heterocycles. The van der Waals surface area contributed by atoms with Gasteiger partial charge in [-0.05, 0) is 6.07 Å². The third-order valence-corrected chi connectivity index (χ3v) is 3.56. The lowest BCUT2D eigenvalue weighted by Gasteiger charge is -2.04. The maximum Gasteiger partial charge on any atom is 0.295 e. The highest BCUT2D eigenvalue weighted by atomic mass is 32.2. The van der Waals surface area contributed by atoms with Crippen molar-refractivity contribution in [2.45, 2.75) is 4.90 Å². The smallest absolute Gasteiger partial charge is 0.295 e. The Morgan fingerprint density at radius 1 is 1.18 bits per heavy atom. The molecule has 0 bridgehead atoms. The molecule has 0 saturated carbocycles. The van der Waals surface area contributed by atoms with Crippen LogP contribution in [0.25, 0.3) is 21.8 Å². The number of nitrogens with zero attached hydrogens (tertiary/aromatic N) is 1. The molecule has 0 unspecified atom stereocenters. The van der Waals surface area contributed by atoms with Crippen molar-refractivity contribution in [3.8, 4) is 0 Å². The Morgan fingerprint density at radius 3 is 2.59 bits per heavy atom. The SMILES string of the molecule is O=S(=O)(O)c1cc2[nH]cnc2c2ccccc12. The van der Waals surface area contributed by atoms with E-state index in [1.165, 1.54) is 12.4 Å². The minimum Gasteiger partial charge on any atom is -0.345 e. The lowest BCUT2D eigenvalue weighted by molar-refractivity contribution is 0.484. The summed E-state index contributed by atoms with van der Waals surface area (Å²) in [5.74, 6) is 0. The fraction of sp³-hybridized carbons (Fsp3) is 0. The van der Waals surface area contributed by atoms with Crippen LogP contribution in [0.1, 0.15) is 0 Å². The van der Waals surface area contributed by atoms with Crippen LogP contribution in [0.5, 0.6) is 0 Å². The zero-order chi connectivity index (χ0) is 12.0. The number of aromatic nitrogens is 2. The zero-order valence-corrected chi connectivity index (χ0v) is 9.40.